The molecule has 1 aliphatic carbocycles. The summed E-state index contributed by atoms with van der Waals surface area (Å²) in [5, 5.41) is 0. The van der Waals surface area contributed by atoms with E-state index in [0.717, 1.165) is 0 Å². The van der Waals surface area contributed by atoms with E-state index < -0.39 is 60.7 Å². The SMILES string of the molecule is [CH2]CC1C[CH]C(F)(F)C1(F)C(F)(F)C(F)(F)C(F)(F)C(F)(F)F. The first-order valence-electron chi connectivity index (χ1n) is 5.82. The van der Waals surface area contributed by atoms with Crippen LogP contribution >= 0.6 is 0 Å². The molecule has 0 aromatic carbocycles. The van der Waals surface area contributed by atoms with Gasteiger partial charge in [0.2, 0.25) is 5.67 Å². The molecule has 0 heterocycles. The van der Waals surface area contributed by atoms with Crippen LogP contribution in [0, 0.1) is 19.3 Å². The van der Waals surface area contributed by atoms with Gasteiger partial charge in [0.15, 0.2) is 0 Å². The summed E-state index contributed by atoms with van der Waals surface area (Å²) < 4.78 is 156. The molecule has 0 aromatic heterocycles. The van der Waals surface area contributed by atoms with E-state index in [1.54, 1.807) is 0 Å². The van der Waals surface area contributed by atoms with Crippen molar-refractivity contribution in [1.82, 2.24) is 0 Å². The molecule has 0 saturated heterocycles. The van der Waals surface area contributed by atoms with Gasteiger partial charge in [-0.3, -0.25) is 0 Å². The fourth-order valence-corrected chi connectivity index (χ4v) is 2.26. The van der Waals surface area contributed by atoms with Gasteiger partial charge in [-0.2, -0.15) is 39.5 Å². The number of rotatable bonds is 4. The molecular formula is C11H8F12. The van der Waals surface area contributed by atoms with Gasteiger partial charge in [-0.05, 0) is 12.8 Å². The molecule has 0 spiro atoms. The molecule has 0 N–H and O–H groups in total. The highest BCUT2D eigenvalue weighted by Gasteiger charge is 2.91. The normalized spacial score (nSPS) is 29.9. The molecule has 1 rings (SSSR count). The highest BCUT2D eigenvalue weighted by molar-refractivity contribution is 5.24. The predicted octanol–water partition coefficient (Wildman–Crippen LogP) is 5.25. The summed E-state index contributed by atoms with van der Waals surface area (Å²) in [5.41, 5.74) is -5.65. The van der Waals surface area contributed by atoms with E-state index in [4.69, 9.17) is 0 Å². The van der Waals surface area contributed by atoms with Gasteiger partial charge in [0.05, 0.1) is 0 Å². The Morgan fingerprint density at radius 3 is 1.65 bits per heavy atom. The van der Waals surface area contributed by atoms with Crippen LogP contribution in [0.15, 0.2) is 0 Å². The van der Waals surface area contributed by atoms with Gasteiger partial charge in [-0.25, -0.2) is 13.2 Å². The van der Waals surface area contributed by atoms with Crippen molar-refractivity contribution in [2.24, 2.45) is 5.92 Å². The van der Waals surface area contributed by atoms with Crippen molar-refractivity contribution >= 4 is 0 Å². The zero-order valence-electron chi connectivity index (χ0n) is 10.8. The Bertz CT molecular complexity index is 450. The van der Waals surface area contributed by atoms with E-state index in [-0.39, 0.29) is 0 Å². The second-order valence-corrected chi connectivity index (χ2v) is 4.98. The second kappa shape index (κ2) is 5.08. The highest BCUT2D eigenvalue weighted by Crippen LogP contribution is 2.65. The van der Waals surface area contributed by atoms with Crippen molar-refractivity contribution in [3.8, 4) is 0 Å². The average molecular weight is 368 g/mol. The Hall–Kier alpha value is -0.840. The minimum Gasteiger partial charge on any atom is -0.230 e. The third-order valence-corrected chi connectivity index (χ3v) is 3.66. The molecule has 0 aromatic rings. The lowest BCUT2D eigenvalue weighted by molar-refractivity contribution is -0.423. The Morgan fingerprint density at radius 1 is 0.870 bits per heavy atom. The smallest absolute Gasteiger partial charge is 0.230 e. The molecule has 0 bridgehead atoms. The molecule has 1 saturated carbocycles. The van der Waals surface area contributed by atoms with Crippen molar-refractivity contribution < 1.29 is 52.7 Å². The van der Waals surface area contributed by atoms with E-state index in [1.165, 1.54) is 0 Å². The monoisotopic (exact) mass is 368 g/mol. The van der Waals surface area contributed by atoms with Crippen LogP contribution in [-0.4, -0.2) is 35.5 Å². The fourth-order valence-electron chi connectivity index (χ4n) is 2.26. The zero-order chi connectivity index (χ0) is 18.7. The molecule has 12 heteroatoms. The second-order valence-electron chi connectivity index (χ2n) is 4.98. The van der Waals surface area contributed by atoms with Gasteiger partial charge in [-0.15, -0.1) is 0 Å². The Labute approximate surface area is 121 Å². The van der Waals surface area contributed by atoms with Gasteiger partial charge in [-0.1, -0.05) is 6.92 Å². The maximum Gasteiger partial charge on any atom is 0.460 e. The van der Waals surface area contributed by atoms with E-state index >= 15 is 0 Å². The summed E-state index contributed by atoms with van der Waals surface area (Å²) in [7, 11) is 0. The average Bonchev–Trinajstić information content (AvgIpc) is 2.59. The molecular weight excluding hydrogens is 360 g/mol. The van der Waals surface area contributed by atoms with E-state index in [9.17, 15) is 52.7 Å². The molecule has 2 atom stereocenters. The molecule has 1 aliphatic rings. The predicted molar refractivity (Wildman–Crippen MR) is 52.1 cm³/mol. The summed E-state index contributed by atoms with van der Waals surface area (Å²) in [6.45, 7) is 2.75. The first-order valence-corrected chi connectivity index (χ1v) is 5.82. The molecule has 136 valence electrons. The van der Waals surface area contributed by atoms with Crippen LogP contribution < -0.4 is 0 Å². The standard InChI is InChI=1S/C11H8F12/c1-2-5-3-4-6(12,13)7(5,14)8(15,16)9(17,18)10(19,20)11(21,22)23/h4-5H,1-3H2. The van der Waals surface area contributed by atoms with Crippen molar-refractivity contribution in [1.29, 1.82) is 0 Å². The molecule has 23 heavy (non-hydrogen) atoms. The lowest BCUT2D eigenvalue weighted by Gasteiger charge is -2.43. The molecule has 0 nitrogen and oxygen atoms in total. The summed E-state index contributed by atoms with van der Waals surface area (Å²) in [5.74, 6) is -30.0. The molecule has 1 fully saturated rings. The molecule has 0 amide bonds. The maximum absolute atomic E-state index is 14.2. The Morgan fingerprint density at radius 2 is 1.30 bits per heavy atom. The van der Waals surface area contributed by atoms with Gasteiger partial charge < -0.3 is 0 Å². The highest BCUT2D eigenvalue weighted by atomic mass is 19.4. The first kappa shape index (κ1) is 20.2. The third kappa shape index (κ3) is 2.30. The van der Waals surface area contributed by atoms with Gasteiger partial charge in [0.1, 0.15) is 0 Å². The van der Waals surface area contributed by atoms with Crippen molar-refractivity contribution in [2.75, 3.05) is 0 Å². The topological polar surface area (TPSA) is 0 Å². The van der Waals surface area contributed by atoms with Crippen molar-refractivity contribution in [3.63, 3.8) is 0 Å². The van der Waals surface area contributed by atoms with Crippen LogP contribution in [0.5, 0.6) is 0 Å². The number of hydrogen-bond acceptors (Lipinski definition) is 0. The van der Waals surface area contributed by atoms with Crippen LogP contribution in [0.4, 0.5) is 52.7 Å². The lowest BCUT2D eigenvalue weighted by Crippen LogP contribution is -2.71. The quantitative estimate of drug-likeness (QED) is 0.595. The van der Waals surface area contributed by atoms with Crippen LogP contribution in [0.2, 0.25) is 0 Å². The largest absolute Gasteiger partial charge is 0.460 e. The summed E-state index contributed by atoms with van der Waals surface area (Å²) >= 11 is 0. The van der Waals surface area contributed by atoms with Crippen LogP contribution in [-0.2, 0) is 0 Å². The van der Waals surface area contributed by atoms with E-state index in [0.29, 0.717) is 0 Å². The molecule has 0 aliphatic heterocycles. The maximum atomic E-state index is 14.2. The number of halogens is 12. The summed E-state index contributed by atoms with van der Waals surface area (Å²) in [6, 6.07) is 0. The van der Waals surface area contributed by atoms with Gasteiger partial charge >= 0.3 is 23.9 Å². The minimum atomic E-state index is -7.46. The third-order valence-electron chi connectivity index (χ3n) is 3.66. The molecule has 2 unspecified atom stereocenters. The lowest BCUT2D eigenvalue weighted by atomic mass is 9.78. The fraction of sp³-hybridized carbons (Fsp3) is 0.818. The van der Waals surface area contributed by atoms with Crippen LogP contribution in [0.3, 0.4) is 0 Å². The summed E-state index contributed by atoms with van der Waals surface area (Å²) in [4.78, 5) is 0. The van der Waals surface area contributed by atoms with E-state index in [1.807, 2.05) is 0 Å². The van der Waals surface area contributed by atoms with E-state index in [2.05, 4.69) is 6.92 Å². The zero-order valence-corrected chi connectivity index (χ0v) is 10.8. The van der Waals surface area contributed by atoms with Crippen LogP contribution in [0.1, 0.15) is 12.8 Å². The molecule has 2 radical (unpaired) electrons. The first-order chi connectivity index (χ1) is 9.92. The number of alkyl halides is 12. The Kier molecular flexibility index (Phi) is 4.46. The minimum absolute atomic E-state index is 0.474. The summed E-state index contributed by atoms with van der Waals surface area (Å²) in [6.07, 6.45) is -10.1. The van der Waals surface area contributed by atoms with Crippen LogP contribution in [0.25, 0.3) is 0 Å². The Balaban J connectivity index is 3.55. The van der Waals surface area contributed by atoms with Gasteiger partial charge in [0, 0.05) is 12.3 Å². The number of hydrogen-bond donors (Lipinski definition) is 0. The van der Waals surface area contributed by atoms with Gasteiger partial charge in [0.25, 0.3) is 5.92 Å². The van der Waals surface area contributed by atoms with Crippen molar-refractivity contribution in [2.45, 2.75) is 48.4 Å². The van der Waals surface area contributed by atoms with Crippen molar-refractivity contribution in [3.05, 3.63) is 13.3 Å².